The molecule has 17 heavy (non-hydrogen) atoms. The van der Waals surface area contributed by atoms with E-state index in [1.807, 2.05) is 32.0 Å². The Morgan fingerprint density at radius 1 is 1.24 bits per heavy atom. The van der Waals surface area contributed by atoms with Crippen LogP contribution in [0.15, 0.2) is 30.3 Å². The Bertz CT molecular complexity index is 306. The van der Waals surface area contributed by atoms with Crippen LogP contribution in [0.3, 0.4) is 0 Å². The first-order chi connectivity index (χ1) is 8.01. The summed E-state index contributed by atoms with van der Waals surface area (Å²) in [6, 6.07) is 10.3. The van der Waals surface area contributed by atoms with Gasteiger partial charge in [0.1, 0.15) is 0 Å². The van der Waals surface area contributed by atoms with Crippen LogP contribution in [0.25, 0.3) is 0 Å². The molecule has 0 bridgehead atoms. The summed E-state index contributed by atoms with van der Waals surface area (Å²) in [5.74, 6) is 0. The van der Waals surface area contributed by atoms with E-state index in [4.69, 9.17) is 5.73 Å². The number of hydrogen-bond acceptors (Lipinski definition) is 3. The van der Waals surface area contributed by atoms with Gasteiger partial charge in [-0.25, -0.2) is 0 Å². The zero-order valence-corrected chi connectivity index (χ0v) is 10.9. The van der Waals surface area contributed by atoms with Gasteiger partial charge in [0, 0.05) is 13.1 Å². The third kappa shape index (κ3) is 6.41. The highest BCUT2D eigenvalue weighted by Crippen LogP contribution is 2.10. The van der Waals surface area contributed by atoms with E-state index in [9.17, 15) is 5.11 Å². The summed E-state index contributed by atoms with van der Waals surface area (Å²) >= 11 is 0. The van der Waals surface area contributed by atoms with E-state index in [0.29, 0.717) is 13.1 Å². The van der Waals surface area contributed by atoms with Crippen molar-refractivity contribution in [2.24, 2.45) is 5.73 Å². The third-order valence-electron chi connectivity index (χ3n) is 2.54. The van der Waals surface area contributed by atoms with Crippen LogP contribution in [0.5, 0.6) is 0 Å². The molecule has 0 fully saturated rings. The van der Waals surface area contributed by atoms with Crippen LogP contribution in [0.4, 0.5) is 0 Å². The molecule has 0 atom stereocenters. The molecular formula is C14H24N2O. The minimum absolute atomic E-state index is 0.663. The molecular weight excluding hydrogens is 212 g/mol. The number of nitrogens with two attached hydrogens (primary N) is 1. The molecule has 0 amide bonds. The Hall–Kier alpha value is -0.900. The molecule has 1 aromatic carbocycles. The standard InChI is InChI=1S/C14H24N2O/c1-14(2,17)12-16(10-6-9-15)11-13-7-4-3-5-8-13/h3-5,7-8,17H,6,9-12,15H2,1-2H3. The first-order valence-corrected chi connectivity index (χ1v) is 6.20. The van der Waals surface area contributed by atoms with Gasteiger partial charge in [-0.3, -0.25) is 4.90 Å². The molecule has 0 unspecified atom stereocenters. The van der Waals surface area contributed by atoms with E-state index < -0.39 is 5.60 Å². The number of benzene rings is 1. The minimum Gasteiger partial charge on any atom is -0.389 e. The van der Waals surface area contributed by atoms with Crippen LogP contribution in [-0.4, -0.2) is 35.2 Å². The molecule has 3 nitrogen and oxygen atoms in total. The zero-order chi connectivity index (χ0) is 12.7. The second-order valence-electron chi connectivity index (χ2n) is 5.15. The van der Waals surface area contributed by atoms with Crippen LogP contribution < -0.4 is 5.73 Å². The van der Waals surface area contributed by atoms with Crippen LogP contribution in [-0.2, 0) is 6.54 Å². The molecule has 3 heteroatoms. The molecule has 1 rings (SSSR count). The van der Waals surface area contributed by atoms with Crippen LogP contribution in [0, 0.1) is 0 Å². The summed E-state index contributed by atoms with van der Waals surface area (Å²) in [5.41, 5.74) is 6.15. The summed E-state index contributed by atoms with van der Waals surface area (Å²) in [4.78, 5) is 2.25. The fourth-order valence-electron chi connectivity index (χ4n) is 1.92. The van der Waals surface area contributed by atoms with Crippen molar-refractivity contribution in [1.29, 1.82) is 0 Å². The summed E-state index contributed by atoms with van der Waals surface area (Å²) in [6.07, 6.45) is 0.961. The van der Waals surface area contributed by atoms with Gasteiger partial charge in [0.05, 0.1) is 5.60 Å². The molecule has 0 spiro atoms. The fraction of sp³-hybridized carbons (Fsp3) is 0.571. The monoisotopic (exact) mass is 236 g/mol. The normalized spacial score (nSPS) is 12.1. The zero-order valence-electron chi connectivity index (χ0n) is 10.9. The van der Waals surface area contributed by atoms with Gasteiger partial charge in [-0.2, -0.15) is 0 Å². The highest BCUT2D eigenvalue weighted by molar-refractivity contribution is 5.14. The molecule has 0 radical (unpaired) electrons. The first-order valence-electron chi connectivity index (χ1n) is 6.20. The maximum absolute atomic E-state index is 9.89. The van der Waals surface area contributed by atoms with E-state index in [1.54, 1.807) is 0 Å². The van der Waals surface area contributed by atoms with Crippen molar-refractivity contribution in [1.82, 2.24) is 4.90 Å². The molecule has 96 valence electrons. The van der Waals surface area contributed by atoms with Crippen molar-refractivity contribution in [2.75, 3.05) is 19.6 Å². The lowest BCUT2D eigenvalue weighted by molar-refractivity contribution is 0.0333. The highest BCUT2D eigenvalue weighted by atomic mass is 16.3. The molecule has 0 saturated carbocycles. The van der Waals surface area contributed by atoms with E-state index in [-0.39, 0.29) is 0 Å². The molecule has 0 saturated heterocycles. The van der Waals surface area contributed by atoms with E-state index >= 15 is 0 Å². The molecule has 1 aromatic rings. The van der Waals surface area contributed by atoms with Gasteiger partial charge in [-0.1, -0.05) is 30.3 Å². The van der Waals surface area contributed by atoms with Gasteiger partial charge < -0.3 is 10.8 Å². The number of nitrogens with zero attached hydrogens (tertiary/aromatic N) is 1. The predicted molar refractivity (Wildman–Crippen MR) is 71.7 cm³/mol. The van der Waals surface area contributed by atoms with E-state index in [1.165, 1.54) is 5.56 Å². The smallest absolute Gasteiger partial charge is 0.0718 e. The molecule has 0 aromatic heterocycles. The molecule has 0 aliphatic heterocycles. The Labute approximate surface area is 104 Å². The first kappa shape index (κ1) is 14.2. The lowest BCUT2D eigenvalue weighted by atomic mass is 10.1. The van der Waals surface area contributed by atoms with E-state index in [2.05, 4.69) is 17.0 Å². The molecule has 0 heterocycles. The average Bonchev–Trinajstić information content (AvgIpc) is 2.25. The number of rotatable bonds is 7. The summed E-state index contributed by atoms with van der Waals surface area (Å²) < 4.78 is 0. The van der Waals surface area contributed by atoms with Gasteiger partial charge in [0.25, 0.3) is 0 Å². The van der Waals surface area contributed by atoms with Crippen molar-refractivity contribution in [2.45, 2.75) is 32.4 Å². The molecule has 0 aliphatic carbocycles. The largest absolute Gasteiger partial charge is 0.389 e. The molecule has 3 N–H and O–H groups in total. The summed E-state index contributed by atoms with van der Waals surface area (Å²) in [7, 11) is 0. The Balaban J connectivity index is 2.57. The predicted octanol–water partition coefficient (Wildman–Crippen LogP) is 1.61. The number of hydrogen-bond donors (Lipinski definition) is 2. The Morgan fingerprint density at radius 2 is 1.88 bits per heavy atom. The SMILES string of the molecule is CC(C)(O)CN(CCCN)Cc1ccccc1. The summed E-state index contributed by atoms with van der Waals surface area (Å²) in [6.45, 7) is 6.83. The maximum Gasteiger partial charge on any atom is 0.0718 e. The van der Waals surface area contributed by atoms with Gasteiger partial charge >= 0.3 is 0 Å². The lowest BCUT2D eigenvalue weighted by Gasteiger charge is -2.29. The second-order valence-corrected chi connectivity index (χ2v) is 5.15. The third-order valence-corrected chi connectivity index (χ3v) is 2.54. The molecule has 0 aliphatic rings. The Kier molecular flexibility index (Phi) is 5.62. The van der Waals surface area contributed by atoms with Gasteiger partial charge in [0.2, 0.25) is 0 Å². The second kappa shape index (κ2) is 6.74. The Morgan fingerprint density at radius 3 is 2.41 bits per heavy atom. The topological polar surface area (TPSA) is 49.5 Å². The van der Waals surface area contributed by atoms with Crippen molar-refractivity contribution in [3.63, 3.8) is 0 Å². The van der Waals surface area contributed by atoms with E-state index in [0.717, 1.165) is 19.5 Å². The van der Waals surface area contributed by atoms with Crippen molar-refractivity contribution < 1.29 is 5.11 Å². The van der Waals surface area contributed by atoms with Crippen LogP contribution in [0.2, 0.25) is 0 Å². The average molecular weight is 236 g/mol. The summed E-state index contributed by atoms with van der Waals surface area (Å²) in [5, 5.41) is 9.89. The van der Waals surface area contributed by atoms with Crippen molar-refractivity contribution in [3.8, 4) is 0 Å². The number of aliphatic hydroxyl groups is 1. The van der Waals surface area contributed by atoms with Crippen molar-refractivity contribution >= 4 is 0 Å². The minimum atomic E-state index is -0.663. The van der Waals surface area contributed by atoms with Crippen molar-refractivity contribution in [3.05, 3.63) is 35.9 Å². The van der Waals surface area contributed by atoms with Gasteiger partial charge in [-0.05, 0) is 38.9 Å². The van der Waals surface area contributed by atoms with Crippen LogP contribution >= 0.6 is 0 Å². The van der Waals surface area contributed by atoms with Crippen LogP contribution in [0.1, 0.15) is 25.8 Å². The maximum atomic E-state index is 9.89. The lowest BCUT2D eigenvalue weighted by Crippen LogP contribution is -2.39. The van der Waals surface area contributed by atoms with Gasteiger partial charge in [0.15, 0.2) is 0 Å². The quantitative estimate of drug-likeness (QED) is 0.756. The highest BCUT2D eigenvalue weighted by Gasteiger charge is 2.17. The van der Waals surface area contributed by atoms with Gasteiger partial charge in [-0.15, -0.1) is 0 Å². The fourth-order valence-corrected chi connectivity index (χ4v) is 1.92.